The highest BCUT2D eigenvalue weighted by atomic mass is 16.1. The van der Waals surface area contributed by atoms with Crippen LogP contribution >= 0.6 is 0 Å². The zero-order chi connectivity index (χ0) is 14.4. The molecule has 2 rings (SSSR count). The first kappa shape index (κ1) is 15.8. The summed E-state index contributed by atoms with van der Waals surface area (Å²) in [4.78, 5) is 12.1. The highest BCUT2D eigenvalue weighted by Gasteiger charge is 2.34. The number of hydrogen-bond donors (Lipinski definition) is 2. The van der Waals surface area contributed by atoms with Crippen molar-refractivity contribution in [1.29, 1.82) is 0 Å². The Morgan fingerprint density at radius 2 is 2.00 bits per heavy atom. The molecule has 1 saturated heterocycles. The summed E-state index contributed by atoms with van der Waals surface area (Å²) in [5.74, 6) is 0.976. The Labute approximate surface area is 124 Å². The van der Waals surface area contributed by atoms with Crippen LogP contribution in [0.1, 0.15) is 71.6 Å². The van der Waals surface area contributed by atoms with Gasteiger partial charge in [-0.1, -0.05) is 33.1 Å². The van der Waals surface area contributed by atoms with Gasteiger partial charge < -0.3 is 10.6 Å². The van der Waals surface area contributed by atoms with Crippen LogP contribution in [0.15, 0.2) is 0 Å². The Bertz CT molecular complexity index is 302. The van der Waals surface area contributed by atoms with Crippen LogP contribution in [0, 0.1) is 11.3 Å². The Balaban J connectivity index is 1.75. The van der Waals surface area contributed by atoms with Gasteiger partial charge in [-0.15, -0.1) is 0 Å². The van der Waals surface area contributed by atoms with Crippen molar-refractivity contribution in [2.24, 2.45) is 11.3 Å². The lowest BCUT2D eigenvalue weighted by Gasteiger charge is -2.31. The molecule has 3 heteroatoms. The van der Waals surface area contributed by atoms with E-state index in [1.807, 2.05) is 0 Å². The van der Waals surface area contributed by atoms with E-state index < -0.39 is 0 Å². The summed E-state index contributed by atoms with van der Waals surface area (Å²) in [6.45, 7) is 6.58. The fourth-order valence-corrected chi connectivity index (χ4v) is 4.12. The normalized spacial score (nSPS) is 25.9. The number of carbonyl (C=O) groups excluding carboxylic acids is 1. The molecule has 116 valence electrons. The molecular weight excluding hydrogens is 248 g/mol. The van der Waals surface area contributed by atoms with Crippen LogP contribution in [0.4, 0.5) is 0 Å². The van der Waals surface area contributed by atoms with Gasteiger partial charge in [-0.05, 0) is 50.0 Å². The molecule has 0 aromatic carbocycles. The first-order valence-electron chi connectivity index (χ1n) is 8.60. The zero-order valence-electron chi connectivity index (χ0n) is 13.3. The largest absolute Gasteiger partial charge is 0.355 e. The average Bonchev–Trinajstić information content (AvgIpc) is 2.86. The van der Waals surface area contributed by atoms with Crippen molar-refractivity contribution in [1.82, 2.24) is 10.6 Å². The van der Waals surface area contributed by atoms with Gasteiger partial charge in [0.1, 0.15) is 0 Å². The van der Waals surface area contributed by atoms with Gasteiger partial charge >= 0.3 is 0 Å². The van der Waals surface area contributed by atoms with Gasteiger partial charge in [-0.3, -0.25) is 4.79 Å². The minimum atomic E-state index is 0.249. The smallest absolute Gasteiger partial charge is 0.221 e. The molecule has 0 radical (unpaired) electrons. The third kappa shape index (κ3) is 4.76. The summed E-state index contributed by atoms with van der Waals surface area (Å²) in [5.41, 5.74) is 0.393. The van der Waals surface area contributed by atoms with Crippen LogP contribution in [0.3, 0.4) is 0 Å². The van der Waals surface area contributed by atoms with Crippen molar-refractivity contribution in [3.63, 3.8) is 0 Å². The topological polar surface area (TPSA) is 41.1 Å². The van der Waals surface area contributed by atoms with Crippen LogP contribution in [-0.4, -0.2) is 25.0 Å². The Hall–Kier alpha value is -0.570. The molecule has 1 unspecified atom stereocenters. The molecule has 1 heterocycles. The Morgan fingerprint density at radius 3 is 2.60 bits per heavy atom. The first-order valence-corrected chi connectivity index (χ1v) is 8.60. The van der Waals surface area contributed by atoms with E-state index in [4.69, 9.17) is 0 Å². The van der Waals surface area contributed by atoms with Gasteiger partial charge in [0.05, 0.1) is 0 Å². The van der Waals surface area contributed by atoms with Gasteiger partial charge in [0.15, 0.2) is 0 Å². The molecule has 0 aromatic heterocycles. The monoisotopic (exact) mass is 280 g/mol. The predicted molar refractivity (Wildman–Crippen MR) is 83.6 cm³/mol. The maximum absolute atomic E-state index is 12.1. The second-order valence-corrected chi connectivity index (χ2v) is 7.43. The molecule has 1 atom stereocenters. The average molecular weight is 280 g/mol. The van der Waals surface area contributed by atoms with E-state index in [-0.39, 0.29) is 5.91 Å². The van der Waals surface area contributed by atoms with Crippen LogP contribution in [0.25, 0.3) is 0 Å². The fourth-order valence-electron chi connectivity index (χ4n) is 4.12. The van der Waals surface area contributed by atoms with Crippen molar-refractivity contribution in [3.8, 4) is 0 Å². The van der Waals surface area contributed by atoms with E-state index in [9.17, 15) is 4.79 Å². The molecule has 2 N–H and O–H groups in total. The van der Waals surface area contributed by atoms with Crippen LogP contribution < -0.4 is 10.6 Å². The van der Waals surface area contributed by atoms with E-state index in [2.05, 4.69) is 24.5 Å². The molecule has 1 aliphatic heterocycles. The summed E-state index contributed by atoms with van der Waals surface area (Å²) in [5, 5.41) is 6.70. The maximum Gasteiger partial charge on any atom is 0.221 e. The van der Waals surface area contributed by atoms with Crippen molar-refractivity contribution in [2.75, 3.05) is 13.1 Å². The van der Waals surface area contributed by atoms with Crippen molar-refractivity contribution in [2.45, 2.75) is 77.7 Å². The Kier molecular flexibility index (Phi) is 5.88. The molecule has 1 saturated carbocycles. The molecule has 1 aliphatic carbocycles. The summed E-state index contributed by atoms with van der Waals surface area (Å²) >= 11 is 0. The lowest BCUT2D eigenvalue weighted by atomic mass is 9.78. The maximum atomic E-state index is 12.1. The van der Waals surface area contributed by atoms with E-state index in [1.54, 1.807) is 0 Å². The number of nitrogens with one attached hydrogen (secondary N) is 2. The summed E-state index contributed by atoms with van der Waals surface area (Å²) in [7, 11) is 0. The highest BCUT2D eigenvalue weighted by molar-refractivity contribution is 5.76. The quantitative estimate of drug-likeness (QED) is 0.784. The van der Waals surface area contributed by atoms with Crippen LogP contribution in [-0.2, 0) is 4.79 Å². The zero-order valence-corrected chi connectivity index (χ0v) is 13.3. The van der Waals surface area contributed by atoms with Crippen LogP contribution in [0.5, 0.6) is 0 Å². The fraction of sp³-hybridized carbons (Fsp3) is 0.941. The number of rotatable bonds is 6. The summed E-state index contributed by atoms with van der Waals surface area (Å²) in [6, 6.07) is 0.411. The Morgan fingerprint density at radius 1 is 1.25 bits per heavy atom. The van der Waals surface area contributed by atoms with Crippen molar-refractivity contribution in [3.05, 3.63) is 0 Å². The van der Waals surface area contributed by atoms with Crippen molar-refractivity contribution >= 4 is 5.91 Å². The summed E-state index contributed by atoms with van der Waals surface area (Å²) < 4.78 is 0. The van der Waals surface area contributed by atoms with Gasteiger partial charge in [0.25, 0.3) is 0 Å². The molecule has 2 aliphatic rings. The van der Waals surface area contributed by atoms with Gasteiger partial charge in [-0.25, -0.2) is 0 Å². The van der Waals surface area contributed by atoms with Crippen LogP contribution in [0.2, 0.25) is 0 Å². The molecule has 2 fully saturated rings. The SMILES string of the molecule is CC(C)CC1(CNC(=O)CC2CCCCN2)CCCC1. The number of hydrogen-bond acceptors (Lipinski definition) is 2. The second-order valence-electron chi connectivity index (χ2n) is 7.43. The second kappa shape index (κ2) is 7.44. The molecule has 0 spiro atoms. The van der Waals surface area contributed by atoms with Gasteiger partial charge in [-0.2, -0.15) is 0 Å². The number of amides is 1. The highest BCUT2D eigenvalue weighted by Crippen LogP contribution is 2.42. The van der Waals surface area contributed by atoms with E-state index in [0.29, 0.717) is 17.9 Å². The lowest BCUT2D eigenvalue weighted by molar-refractivity contribution is -0.122. The minimum absolute atomic E-state index is 0.249. The molecular formula is C17H32N2O. The lowest BCUT2D eigenvalue weighted by Crippen LogP contribution is -2.42. The molecule has 0 bridgehead atoms. The molecule has 1 amide bonds. The van der Waals surface area contributed by atoms with Gasteiger partial charge in [0, 0.05) is 19.0 Å². The molecule has 3 nitrogen and oxygen atoms in total. The van der Waals surface area contributed by atoms with E-state index in [0.717, 1.165) is 25.4 Å². The molecule has 20 heavy (non-hydrogen) atoms. The summed E-state index contributed by atoms with van der Waals surface area (Å²) in [6.07, 6.45) is 10.9. The number of piperidine rings is 1. The van der Waals surface area contributed by atoms with Crippen molar-refractivity contribution < 1.29 is 4.79 Å². The van der Waals surface area contributed by atoms with E-state index in [1.165, 1.54) is 44.9 Å². The third-order valence-electron chi connectivity index (χ3n) is 5.01. The predicted octanol–water partition coefficient (Wildman–Crippen LogP) is 3.24. The minimum Gasteiger partial charge on any atom is -0.355 e. The molecule has 0 aromatic rings. The van der Waals surface area contributed by atoms with E-state index >= 15 is 0 Å². The first-order chi connectivity index (χ1) is 9.60. The number of carbonyl (C=O) groups is 1. The van der Waals surface area contributed by atoms with Gasteiger partial charge in [0.2, 0.25) is 5.91 Å². The third-order valence-corrected chi connectivity index (χ3v) is 5.01. The standard InChI is InChI=1S/C17H32N2O/c1-14(2)12-17(8-4-5-9-17)13-19-16(20)11-15-7-3-6-10-18-15/h14-15,18H,3-13H2,1-2H3,(H,19,20).